The number of aromatic nitrogens is 2. The number of aryl methyl sites for hydroxylation is 3. The van der Waals surface area contributed by atoms with Gasteiger partial charge in [0.1, 0.15) is 5.75 Å². The number of carboxylic acids is 1. The number of nitrogens with zero attached hydrogens (tertiary/aromatic N) is 2. The molecule has 0 aliphatic rings. The first-order valence-electron chi connectivity index (χ1n) is 13.4. The minimum absolute atomic E-state index is 0.193. The molecule has 0 aliphatic carbocycles. The Labute approximate surface area is 239 Å². The van der Waals surface area contributed by atoms with E-state index in [-0.39, 0.29) is 11.5 Å². The second-order valence-corrected chi connectivity index (χ2v) is 10.4. The fourth-order valence-electron chi connectivity index (χ4n) is 5.27. The number of rotatable bonds is 8. The van der Waals surface area contributed by atoms with Crippen LogP contribution in [0.25, 0.3) is 16.5 Å². The van der Waals surface area contributed by atoms with Crippen LogP contribution in [0.1, 0.15) is 62.7 Å². The second kappa shape index (κ2) is 11.3. The Bertz CT molecular complexity index is 1730. The van der Waals surface area contributed by atoms with Crippen molar-refractivity contribution in [2.24, 2.45) is 0 Å². The lowest BCUT2D eigenvalue weighted by Crippen LogP contribution is -2.20. The van der Waals surface area contributed by atoms with Crippen LogP contribution in [0.4, 0.5) is 0 Å². The first-order chi connectivity index (χ1) is 19.7. The highest BCUT2D eigenvalue weighted by Crippen LogP contribution is 2.37. The van der Waals surface area contributed by atoms with Crippen molar-refractivity contribution in [1.29, 1.82) is 0 Å². The van der Waals surface area contributed by atoms with E-state index in [4.69, 9.17) is 9.47 Å². The van der Waals surface area contributed by atoms with E-state index in [0.717, 1.165) is 55.6 Å². The van der Waals surface area contributed by atoms with Gasteiger partial charge < -0.3 is 19.1 Å². The summed E-state index contributed by atoms with van der Waals surface area (Å²) < 4.78 is 13.6. The van der Waals surface area contributed by atoms with Crippen LogP contribution >= 0.6 is 0 Å². The molecule has 1 N–H and O–H groups in total. The van der Waals surface area contributed by atoms with Crippen LogP contribution in [-0.2, 0) is 9.53 Å². The van der Waals surface area contributed by atoms with Gasteiger partial charge in [0.05, 0.1) is 24.9 Å². The molecule has 2 unspecified atom stereocenters. The third kappa shape index (κ3) is 5.57. The fraction of sp³-hybridized carbons (Fsp3) is 0.206. The summed E-state index contributed by atoms with van der Waals surface area (Å²) in [6.45, 7) is 7.52. The molecular formula is C34H32N2O5. The van der Waals surface area contributed by atoms with Crippen molar-refractivity contribution >= 4 is 22.7 Å². The summed E-state index contributed by atoms with van der Waals surface area (Å²) in [4.78, 5) is 29.7. The van der Waals surface area contributed by atoms with Crippen LogP contribution in [0.3, 0.4) is 0 Å². The maximum atomic E-state index is 13.8. The summed E-state index contributed by atoms with van der Waals surface area (Å²) in [7, 11) is 1.63. The Morgan fingerprint density at radius 1 is 0.878 bits per heavy atom. The van der Waals surface area contributed by atoms with Gasteiger partial charge in [-0.1, -0.05) is 30.3 Å². The minimum Gasteiger partial charge on any atom is -0.497 e. The maximum absolute atomic E-state index is 13.8. The van der Waals surface area contributed by atoms with Crippen molar-refractivity contribution in [2.75, 3.05) is 7.11 Å². The number of fused-ring (bicyclic) bond motifs is 1. The highest BCUT2D eigenvalue weighted by Gasteiger charge is 2.28. The largest absolute Gasteiger partial charge is 0.497 e. The van der Waals surface area contributed by atoms with Crippen LogP contribution in [-0.4, -0.2) is 33.7 Å². The van der Waals surface area contributed by atoms with E-state index in [2.05, 4.69) is 4.98 Å². The van der Waals surface area contributed by atoms with Gasteiger partial charge in [-0.05, 0) is 97.1 Å². The average molecular weight is 549 g/mol. The van der Waals surface area contributed by atoms with Crippen LogP contribution in [0.2, 0.25) is 0 Å². The van der Waals surface area contributed by atoms with E-state index >= 15 is 0 Å². The Morgan fingerprint density at radius 2 is 1.59 bits per heavy atom. The smallest absolute Gasteiger partial charge is 0.335 e. The summed E-state index contributed by atoms with van der Waals surface area (Å²) in [6, 6.07) is 21.0. The number of carbonyl (C=O) groups excluding carboxylic acids is 1. The topological polar surface area (TPSA) is 90.7 Å². The minimum atomic E-state index is -1.00. The first-order valence-corrected chi connectivity index (χ1v) is 13.4. The molecular weight excluding hydrogens is 516 g/mol. The molecule has 7 heteroatoms. The molecule has 5 aromatic rings. The van der Waals surface area contributed by atoms with E-state index in [0.29, 0.717) is 0 Å². The predicted octanol–water partition coefficient (Wildman–Crippen LogP) is 7.09. The number of ether oxygens (including phenoxy) is 2. The molecule has 0 bridgehead atoms. The highest BCUT2D eigenvalue weighted by molar-refractivity contribution is 5.89. The molecule has 2 atom stereocenters. The molecule has 0 saturated heterocycles. The number of esters is 1. The molecule has 4 aromatic carbocycles. The summed E-state index contributed by atoms with van der Waals surface area (Å²) in [6.07, 6.45) is 4.52. The molecule has 0 aliphatic heterocycles. The van der Waals surface area contributed by atoms with Gasteiger partial charge in [-0.3, -0.25) is 4.79 Å². The van der Waals surface area contributed by atoms with Crippen LogP contribution in [0.15, 0.2) is 85.5 Å². The number of aromatic carboxylic acids is 1. The molecule has 1 aromatic heterocycles. The Kier molecular flexibility index (Phi) is 7.62. The zero-order valence-corrected chi connectivity index (χ0v) is 23.7. The van der Waals surface area contributed by atoms with E-state index < -0.39 is 18.0 Å². The first kappa shape index (κ1) is 27.6. The van der Waals surface area contributed by atoms with Gasteiger partial charge in [0.25, 0.3) is 0 Å². The van der Waals surface area contributed by atoms with E-state index in [9.17, 15) is 14.7 Å². The van der Waals surface area contributed by atoms with Crippen molar-refractivity contribution in [3.05, 3.63) is 124 Å². The number of hydrogen-bond acceptors (Lipinski definition) is 5. The maximum Gasteiger partial charge on any atom is 0.335 e. The molecule has 1 heterocycles. The van der Waals surface area contributed by atoms with Crippen molar-refractivity contribution in [2.45, 2.75) is 39.7 Å². The predicted molar refractivity (Wildman–Crippen MR) is 158 cm³/mol. The average Bonchev–Trinajstić information content (AvgIpc) is 3.50. The van der Waals surface area contributed by atoms with Gasteiger partial charge in [-0.25, -0.2) is 9.78 Å². The Morgan fingerprint density at radius 3 is 2.24 bits per heavy atom. The third-order valence-electron chi connectivity index (χ3n) is 7.61. The Balaban J connectivity index is 1.57. The third-order valence-corrected chi connectivity index (χ3v) is 7.61. The quantitative estimate of drug-likeness (QED) is 0.208. The number of methoxy groups -OCH3 is 1. The Hall–Kier alpha value is -4.91. The van der Waals surface area contributed by atoms with Gasteiger partial charge in [0, 0.05) is 29.2 Å². The van der Waals surface area contributed by atoms with Crippen molar-refractivity contribution in [3.8, 4) is 11.4 Å². The molecule has 0 spiro atoms. The lowest BCUT2D eigenvalue weighted by molar-refractivity contribution is -0.149. The van der Waals surface area contributed by atoms with Crippen LogP contribution in [0.5, 0.6) is 5.75 Å². The molecule has 0 saturated carbocycles. The SMILES string of the molecule is COc1ccc2cc(C(C)C(=O)OC(c3cc(-n4ccnc4)ccc3C)c3c(C)cc(C(=O)O)cc3C)ccc2c1. The van der Waals surface area contributed by atoms with Crippen LogP contribution in [0, 0.1) is 20.8 Å². The van der Waals surface area contributed by atoms with Gasteiger partial charge >= 0.3 is 11.9 Å². The summed E-state index contributed by atoms with van der Waals surface area (Å²) in [5, 5.41) is 11.6. The van der Waals surface area contributed by atoms with Crippen molar-refractivity contribution in [3.63, 3.8) is 0 Å². The van der Waals surface area contributed by atoms with E-state index in [1.165, 1.54) is 0 Å². The molecule has 5 rings (SSSR count). The summed E-state index contributed by atoms with van der Waals surface area (Å²) in [5.41, 5.74) is 5.91. The molecule has 208 valence electrons. The van der Waals surface area contributed by atoms with Gasteiger partial charge in [-0.2, -0.15) is 0 Å². The number of carbonyl (C=O) groups is 2. The molecule has 41 heavy (non-hydrogen) atoms. The van der Waals surface area contributed by atoms with E-state index in [1.54, 1.807) is 31.8 Å². The monoisotopic (exact) mass is 548 g/mol. The number of carboxylic acid groups (broad SMARTS) is 1. The fourth-order valence-corrected chi connectivity index (χ4v) is 5.27. The zero-order chi connectivity index (χ0) is 29.3. The highest BCUT2D eigenvalue weighted by atomic mass is 16.5. The summed E-state index contributed by atoms with van der Waals surface area (Å²) in [5.74, 6) is -1.15. The van der Waals surface area contributed by atoms with Crippen molar-refractivity contribution < 1.29 is 24.2 Å². The molecule has 0 fully saturated rings. The van der Waals surface area contributed by atoms with E-state index in [1.807, 2.05) is 93.1 Å². The second-order valence-electron chi connectivity index (χ2n) is 10.4. The lowest BCUT2D eigenvalue weighted by atomic mass is 9.89. The van der Waals surface area contributed by atoms with Crippen molar-refractivity contribution in [1.82, 2.24) is 9.55 Å². The van der Waals surface area contributed by atoms with Gasteiger partial charge in [0.2, 0.25) is 0 Å². The summed E-state index contributed by atoms with van der Waals surface area (Å²) >= 11 is 0. The lowest BCUT2D eigenvalue weighted by Gasteiger charge is -2.26. The standard InChI is InChI=1S/C34H32N2O5/c1-20-6-10-28(36-13-12-35-19-36)18-30(20)32(31-21(2)14-27(33(37)38)15-22(31)3)41-34(39)23(4)24-7-8-26-17-29(40-5)11-9-25(26)16-24/h6-19,23,32H,1-5H3,(H,37,38). The molecule has 0 radical (unpaired) electrons. The normalized spacial score (nSPS) is 12.6. The number of benzene rings is 4. The molecule has 7 nitrogen and oxygen atoms in total. The molecule has 0 amide bonds. The van der Waals surface area contributed by atoms with Crippen LogP contribution < -0.4 is 4.74 Å². The zero-order valence-electron chi connectivity index (χ0n) is 23.7. The van der Waals surface area contributed by atoms with Gasteiger partial charge in [-0.15, -0.1) is 0 Å². The number of hydrogen-bond donors (Lipinski definition) is 1. The number of imidazole rings is 1. The van der Waals surface area contributed by atoms with Gasteiger partial charge in [0.15, 0.2) is 6.10 Å².